The van der Waals surface area contributed by atoms with Crippen molar-refractivity contribution in [3.05, 3.63) is 0 Å². The Kier molecular flexibility index (Phi) is 73.5. The topological polar surface area (TPSA) is 237 Å². The number of carbonyl (C=O) groups is 4. The Morgan fingerprint density at radius 2 is 0.455 bits per heavy atom. The Bertz CT molecular complexity index is 1930. The Morgan fingerprint density at radius 1 is 0.267 bits per heavy atom. The number of unbranched alkanes of at least 4 members (excludes halogenated alkanes) is 54. The molecular formula is C82H160O17P2. The molecule has 0 saturated carbocycles. The number of rotatable bonds is 82. The number of hydrogen-bond donors (Lipinski definition) is 3. The smallest absolute Gasteiger partial charge is 0.462 e. The van der Waals surface area contributed by atoms with Gasteiger partial charge in [0.2, 0.25) is 0 Å². The van der Waals surface area contributed by atoms with E-state index in [2.05, 4.69) is 34.6 Å². The molecule has 0 saturated heterocycles. The van der Waals surface area contributed by atoms with Crippen LogP contribution in [0, 0.1) is 5.92 Å². The van der Waals surface area contributed by atoms with Gasteiger partial charge in [-0.25, -0.2) is 9.13 Å². The second kappa shape index (κ2) is 74.9. The first-order valence-electron chi connectivity index (χ1n) is 42.6. The third kappa shape index (κ3) is 76.1. The summed E-state index contributed by atoms with van der Waals surface area (Å²) in [6, 6.07) is 0. The van der Waals surface area contributed by atoms with Crippen LogP contribution in [0.3, 0.4) is 0 Å². The first-order chi connectivity index (χ1) is 49.0. The highest BCUT2D eigenvalue weighted by Crippen LogP contribution is 2.45. The van der Waals surface area contributed by atoms with E-state index in [-0.39, 0.29) is 25.7 Å². The van der Waals surface area contributed by atoms with Gasteiger partial charge in [-0.15, -0.1) is 0 Å². The summed E-state index contributed by atoms with van der Waals surface area (Å²) in [5, 5.41) is 10.6. The van der Waals surface area contributed by atoms with Gasteiger partial charge < -0.3 is 33.8 Å². The van der Waals surface area contributed by atoms with Crippen LogP contribution in [0.2, 0.25) is 0 Å². The van der Waals surface area contributed by atoms with Crippen molar-refractivity contribution < 1.29 is 80.2 Å². The molecule has 0 aliphatic carbocycles. The SMILES string of the molecule is CCCCCCCCCCCCCCCCCCCCCCCCC(=O)O[C@H](COC(=O)CCCCCCCCCCCCCCCCCC)COP(=O)(O)OC[C@@H](O)COP(=O)(O)OC[C@@H](COC(=O)CCCCCCCCCCC)OC(=O)CCCCCCCCCCCCCC(C)C. The van der Waals surface area contributed by atoms with Crippen molar-refractivity contribution in [1.29, 1.82) is 0 Å². The molecule has 101 heavy (non-hydrogen) atoms. The van der Waals surface area contributed by atoms with Gasteiger partial charge in [0.05, 0.1) is 26.4 Å². The molecule has 0 aliphatic rings. The number of phosphoric acid groups is 2. The molecule has 0 aromatic carbocycles. The minimum Gasteiger partial charge on any atom is -0.462 e. The third-order valence-corrected chi connectivity index (χ3v) is 21.2. The Hall–Kier alpha value is -1.94. The molecular weight excluding hydrogens is 1320 g/mol. The molecule has 0 aliphatic heterocycles. The second-order valence-electron chi connectivity index (χ2n) is 30.0. The quantitative estimate of drug-likeness (QED) is 0.0222. The van der Waals surface area contributed by atoms with Gasteiger partial charge in [-0.1, -0.05) is 388 Å². The van der Waals surface area contributed by atoms with Crippen LogP contribution in [0.4, 0.5) is 0 Å². The molecule has 2 unspecified atom stereocenters. The lowest BCUT2D eigenvalue weighted by molar-refractivity contribution is -0.161. The molecule has 0 heterocycles. The van der Waals surface area contributed by atoms with Gasteiger partial charge in [-0.2, -0.15) is 0 Å². The average molecular weight is 1480 g/mol. The molecule has 3 N–H and O–H groups in total. The van der Waals surface area contributed by atoms with E-state index in [1.54, 1.807) is 0 Å². The lowest BCUT2D eigenvalue weighted by atomic mass is 10.0. The zero-order valence-corrected chi connectivity index (χ0v) is 67.8. The van der Waals surface area contributed by atoms with Gasteiger partial charge in [0, 0.05) is 25.7 Å². The number of aliphatic hydroxyl groups is 1. The Balaban J connectivity index is 5.19. The molecule has 0 aromatic rings. The first kappa shape index (κ1) is 99.1. The van der Waals surface area contributed by atoms with Gasteiger partial charge in [0.15, 0.2) is 12.2 Å². The minimum atomic E-state index is -4.96. The van der Waals surface area contributed by atoms with Gasteiger partial charge in [0.1, 0.15) is 19.3 Å². The van der Waals surface area contributed by atoms with Gasteiger partial charge in [-0.05, 0) is 31.6 Å². The molecule has 0 amide bonds. The lowest BCUT2D eigenvalue weighted by Gasteiger charge is -2.21. The highest BCUT2D eigenvalue weighted by molar-refractivity contribution is 7.47. The van der Waals surface area contributed by atoms with Crippen LogP contribution in [0.5, 0.6) is 0 Å². The highest BCUT2D eigenvalue weighted by atomic mass is 31.2. The van der Waals surface area contributed by atoms with Crippen molar-refractivity contribution in [3.8, 4) is 0 Å². The van der Waals surface area contributed by atoms with E-state index in [9.17, 15) is 43.2 Å². The maximum absolute atomic E-state index is 13.1. The van der Waals surface area contributed by atoms with E-state index in [0.29, 0.717) is 25.7 Å². The van der Waals surface area contributed by atoms with E-state index in [1.165, 1.54) is 263 Å². The molecule has 0 aromatic heterocycles. The molecule has 0 radical (unpaired) electrons. The van der Waals surface area contributed by atoms with E-state index >= 15 is 0 Å². The summed E-state index contributed by atoms with van der Waals surface area (Å²) in [4.78, 5) is 73.0. The number of aliphatic hydroxyl groups excluding tert-OH is 1. The van der Waals surface area contributed by atoms with Crippen molar-refractivity contribution in [2.24, 2.45) is 5.92 Å². The van der Waals surface area contributed by atoms with E-state index in [4.69, 9.17) is 37.0 Å². The number of hydrogen-bond acceptors (Lipinski definition) is 15. The fourth-order valence-electron chi connectivity index (χ4n) is 12.8. The number of carbonyl (C=O) groups excluding carboxylic acids is 4. The molecule has 0 bridgehead atoms. The van der Waals surface area contributed by atoms with Gasteiger partial charge >= 0.3 is 39.5 Å². The van der Waals surface area contributed by atoms with Crippen LogP contribution in [0.1, 0.15) is 439 Å². The molecule has 17 nitrogen and oxygen atoms in total. The summed E-state index contributed by atoms with van der Waals surface area (Å²) in [5.74, 6) is -1.34. The monoisotopic (exact) mass is 1480 g/mol. The fourth-order valence-corrected chi connectivity index (χ4v) is 14.3. The van der Waals surface area contributed by atoms with Gasteiger partial charge in [0.25, 0.3) is 0 Å². The molecule has 600 valence electrons. The molecule has 0 spiro atoms. The summed E-state index contributed by atoms with van der Waals surface area (Å²) in [5.41, 5.74) is 0. The second-order valence-corrected chi connectivity index (χ2v) is 32.9. The van der Waals surface area contributed by atoms with Crippen molar-refractivity contribution in [1.82, 2.24) is 0 Å². The fraction of sp³-hybridized carbons (Fsp3) is 0.951. The van der Waals surface area contributed by atoms with Crippen LogP contribution in [0.25, 0.3) is 0 Å². The van der Waals surface area contributed by atoms with Crippen LogP contribution in [-0.2, 0) is 65.4 Å². The lowest BCUT2D eigenvalue weighted by Crippen LogP contribution is -2.30. The van der Waals surface area contributed by atoms with Crippen LogP contribution < -0.4 is 0 Å². The zero-order valence-electron chi connectivity index (χ0n) is 66.1. The van der Waals surface area contributed by atoms with Gasteiger partial charge in [-0.3, -0.25) is 37.3 Å². The Morgan fingerprint density at radius 3 is 0.673 bits per heavy atom. The summed E-state index contributed by atoms with van der Waals surface area (Å²) in [6.45, 7) is 7.32. The highest BCUT2D eigenvalue weighted by Gasteiger charge is 2.30. The van der Waals surface area contributed by atoms with Crippen LogP contribution in [-0.4, -0.2) is 96.7 Å². The van der Waals surface area contributed by atoms with E-state index in [1.807, 2.05) is 0 Å². The third-order valence-electron chi connectivity index (χ3n) is 19.3. The molecule has 19 heteroatoms. The predicted molar refractivity (Wildman–Crippen MR) is 414 cm³/mol. The first-order valence-corrected chi connectivity index (χ1v) is 45.6. The number of ether oxygens (including phenoxy) is 4. The summed E-state index contributed by atoms with van der Waals surface area (Å²) < 4.78 is 68.7. The summed E-state index contributed by atoms with van der Waals surface area (Å²) >= 11 is 0. The Labute approximate surface area is 619 Å². The average Bonchev–Trinajstić information content (AvgIpc) is 0.955. The van der Waals surface area contributed by atoms with Crippen molar-refractivity contribution in [2.45, 2.75) is 457 Å². The standard InChI is InChI=1S/C82H160O17P2/c1-6-9-12-15-18-21-23-25-27-29-30-31-32-33-34-36-38-42-47-52-57-62-67-81(86)99-78(72-93-80(85)66-61-56-51-46-41-37-35-28-26-24-22-19-16-13-10-7-2)74-97-101(90,91)95-70-76(83)69-94-100(88,89)96-73-77(71-92-79(84)65-60-55-50-44-20-17-14-11-8-3)98-82(87)68-63-58-53-48-43-39-40-45-49-54-59-64-75(4)5/h75-78,83H,6-74H2,1-5H3,(H,88,89)(H,90,91)/t76-,77+,78+/m0/s1. The molecule has 0 rings (SSSR count). The van der Waals surface area contributed by atoms with Crippen molar-refractivity contribution in [2.75, 3.05) is 39.6 Å². The summed E-state index contributed by atoms with van der Waals surface area (Å²) in [6.07, 6.45) is 66.7. The number of esters is 4. The van der Waals surface area contributed by atoms with Crippen LogP contribution >= 0.6 is 15.6 Å². The maximum Gasteiger partial charge on any atom is 0.472 e. The largest absolute Gasteiger partial charge is 0.472 e. The van der Waals surface area contributed by atoms with Crippen molar-refractivity contribution in [3.63, 3.8) is 0 Å². The minimum absolute atomic E-state index is 0.107. The zero-order chi connectivity index (χ0) is 74.1. The molecule has 0 fully saturated rings. The summed E-state index contributed by atoms with van der Waals surface area (Å²) in [7, 11) is -9.92. The van der Waals surface area contributed by atoms with Crippen LogP contribution in [0.15, 0.2) is 0 Å². The van der Waals surface area contributed by atoms with Crippen molar-refractivity contribution >= 4 is 39.5 Å². The molecule has 5 atom stereocenters. The van der Waals surface area contributed by atoms with E-state index < -0.39 is 97.5 Å². The maximum atomic E-state index is 13.1. The van der Waals surface area contributed by atoms with E-state index in [0.717, 1.165) is 95.8 Å². The number of phosphoric ester groups is 2. The normalized spacial score (nSPS) is 13.8. The predicted octanol–water partition coefficient (Wildman–Crippen LogP) is 24.8.